The number of carbonyl (C=O) groups is 2. The molecule has 1 saturated heterocycles. The normalized spacial score (nSPS) is 15.7. The van der Waals surface area contributed by atoms with Crippen molar-refractivity contribution >= 4 is 11.9 Å². The van der Waals surface area contributed by atoms with Crippen molar-refractivity contribution in [3.05, 3.63) is 35.4 Å². The van der Waals surface area contributed by atoms with Crippen molar-refractivity contribution in [2.24, 2.45) is 11.3 Å². The van der Waals surface area contributed by atoms with Gasteiger partial charge in [0.1, 0.15) is 6.61 Å². The first-order chi connectivity index (χ1) is 11.3. The second-order valence-corrected chi connectivity index (χ2v) is 7.24. The molecule has 0 atom stereocenters. The largest absolute Gasteiger partial charge is 0.461 e. The van der Waals surface area contributed by atoms with Crippen LogP contribution in [0, 0.1) is 22.7 Å². The summed E-state index contributed by atoms with van der Waals surface area (Å²) in [7, 11) is 0. The molecule has 0 unspecified atom stereocenters. The molecule has 0 aromatic heterocycles. The molecular formula is C19H24N2O3. The molecular weight excluding hydrogens is 304 g/mol. The number of amides is 1. The van der Waals surface area contributed by atoms with Crippen molar-refractivity contribution in [1.82, 2.24) is 4.90 Å². The Kier molecular flexibility index (Phi) is 5.61. The third kappa shape index (κ3) is 4.58. The summed E-state index contributed by atoms with van der Waals surface area (Å²) < 4.78 is 5.38. The molecule has 0 bridgehead atoms. The van der Waals surface area contributed by atoms with E-state index in [-0.39, 0.29) is 29.8 Å². The number of piperidine rings is 1. The second-order valence-electron chi connectivity index (χ2n) is 7.24. The SMILES string of the molecule is CC(C)(C)C(=O)N1CCC(C(=O)OCc2cccc(C#N)c2)CC1. The summed E-state index contributed by atoms with van der Waals surface area (Å²) in [5.74, 6) is -0.254. The molecule has 24 heavy (non-hydrogen) atoms. The van der Waals surface area contributed by atoms with Crippen LogP contribution in [0.3, 0.4) is 0 Å². The van der Waals surface area contributed by atoms with Crippen LogP contribution in [0.1, 0.15) is 44.7 Å². The van der Waals surface area contributed by atoms with E-state index in [1.807, 2.05) is 31.7 Å². The summed E-state index contributed by atoms with van der Waals surface area (Å²) in [4.78, 5) is 26.3. The first-order valence-corrected chi connectivity index (χ1v) is 8.26. The molecule has 2 rings (SSSR count). The maximum atomic E-state index is 12.3. The second kappa shape index (κ2) is 7.48. The molecule has 5 nitrogen and oxygen atoms in total. The third-order valence-electron chi connectivity index (χ3n) is 4.19. The number of nitrogens with zero attached hydrogens (tertiary/aromatic N) is 2. The highest BCUT2D eigenvalue weighted by Gasteiger charge is 2.32. The highest BCUT2D eigenvalue weighted by molar-refractivity contribution is 5.82. The Bertz CT molecular complexity index is 647. The average Bonchev–Trinajstić information content (AvgIpc) is 2.58. The molecule has 1 aliphatic heterocycles. The zero-order valence-corrected chi connectivity index (χ0v) is 14.5. The van der Waals surface area contributed by atoms with E-state index in [0.29, 0.717) is 31.5 Å². The van der Waals surface area contributed by atoms with Crippen LogP contribution < -0.4 is 0 Å². The zero-order chi connectivity index (χ0) is 17.7. The lowest BCUT2D eigenvalue weighted by molar-refractivity contribution is -0.154. The van der Waals surface area contributed by atoms with Gasteiger partial charge in [-0.2, -0.15) is 5.26 Å². The van der Waals surface area contributed by atoms with Gasteiger partial charge in [-0.3, -0.25) is 9.59 Å². The number of esters is 1. The van der Waals surface area contributed by atoms with Gasteiger partial charge in [-0.05, 0) is 30.5 Å². The van der Waals surface area contributed by atoms with Gasteiger partial charge >= 0.3 is 5.97 Å². The fourth-order valence-electron chi connectivity index (χ4n) is 2.80. The van der Waals surface area contributed by atoms with Crippen LogP contribution in [0.5, 0.6) is 0 Å². The molecule has 1 aromatic carbocycles. The lowest BCUT2D eigenvalue weighted by Crippen LogP contribution is -2.45. The minimum Gasteiger partial charge on any atom is -0.461 e. The number of nitriles is 1. The van der Waals surface area contributed by atoms with Crippen LogP contribution in [-0.2, 0) is 20.9 Å². The molecule has 0 aliphatic carbocycles. The third-order valence-corrected chi connectivity index (χ3v) is 4.19. The van der Waals surface area contributed by atoms with Gasteiger partial charge in [0.05, 0.1) is 17.6 Å². The van der Waals surface area contributed by atoms with Gasteiger partial charge < -0.3 is 9.64 Å². The van der Waals surface area contributed by atoms with E-state index >= 15 is 0 Å². The monoisotopic (exact) mass is 328 g/mol. The molecule has 0 radical (unpaired) electrons. The number of likely N-dealkylation sites (tertiary alicyclic amines) is 1. The summed E-state index contributed by atoms with van der Waals surface area (Å²) >= 11 is 0. The Labute approximate surface area is 143 Å². The maximum Gasteiger partial charge on any atom is 0.309 e. The molecule has 0 spiro atoms. The van der Waals surface area contributed by atoms with E-state index < -0.39 is 0 Å². The van der Waals surface area contributed by atoms with Crippen molar-refractivity contribution in [1.29, 1.82) is 5.26 Å². The van der Waals surface area contributed by atoms with Crippen LogP contribution in [0.4, 0.5) is 0 Å². The summed E-state index contributed by atoms with van der Waals surface area (Å²) in [6, 6.07) is 9.11. The van der Waals surface area contributed by atoms with E-state index in [1.54, 1.807) is 18.2 Å². The van der Waals surface area contributed by atoms with E-state index in [1.165, 1.54) is 0 Å². The van der Waals surface area contributed by atoms with E-state index in [2.05, 4.69) is 6.07 Å². The molecule has 5 heteroatoms. The van der Waals surface area contributed by atoms with Gasteiger partial charge in [0, 0.05) is 18.5 Å². The smallest absolute Gasteiger partial charge is 0.309 e. The number of hydrogen-bond acceptors (Lipinski definition) is 4. The lowest BCUT2D eigenvalue weighted by Gasteiger charge is -2.34. The Morgan fingerprint density at radius 1 is 1.29 bits per heavy atom. The van der Waals surface area contributed by atoms with Crippen LogP contribution in [0.2, 0.25) is 0 Å². The first kappa shape index (κ1) is 18.0. The van der Waals surface area contributed by atoms with Crippen molar-refractivity contribution in [3.63, 3.8) is 0 Å². The highest BCUT2D eigenvalue weighted by atomic mass is 16.5. The zero-order valence-electron chi connectivity index (χ0n) is 14.5. The molecule has 1 aromatic rings. The molecule has 128 valence electrons. The molecule has 1 amide bonds. The quantitative estimate of drug-likeness (QED) is 0.800. The van der Waals surface area contributed by atoms with Gasteiger partial charge in [0.2, 0.25) is 5.91 Å². The number of ether oxygens (including phenoxy) is 1. The molecule has 1 heterocycles. The average molecular weight is 328 g/mol. The van der Waals surface area contributed by atoms with Gasteiger partial charge in [-0.1, -0.05) is 32.9 Å². The van der Waals surface area contributed by atoms with E-state index in [0.717, 1.165) is 5.56 Å². The minimum absolute atomic E-state index is 0.127. The fraction of sp³-hybridized carbons (Fsp3) is 0.526. The van der Waals surface area contributed by atoms with Crippen molar-refractivity contribution in [3.8, 4) is 6.07 Å². The Morgan fingerprint density at radius 3 is 2.54 bits per heavy atom. The summed E-state index contributed by atoms with van der Waals surface area (Å²) in [6.07, 6.45) is 1.28. The lowest BCUT2D eigenvalue weighted by atomic mass is 9.91. The molecule has 0 N–H and O–H groups in total. The predicted octanol–water partition coefficient (Wildman–Crippen LogP) is 2.89. The van der Waals surface area contributed by atoms with E-state index in [4.69, 9.17) is 10.00 Å². The van der Waals surface area contributed by atoms with Gasteiger partial charge in [0.15, 0.2) is 0 Å². The predicted molar refractivity (Wildman–Crippen MR) is 89.7 cm³/mol. The number of rotatable bonds is 3. The Hall–Kier alpha value is -2.35. The van der Waals surface area contributed by atoms with Crippen molar-refractivity contribution in [2.45, 2.75) is 40.2 Å². The summed E-state index contributed by atoms with van der Waals surface area (Å²) in [5, 5.41) is 8.88. The first-order valence-electron chi connectivity index (χ1n) is 8.26. The highest BCUT2D eigenvalue weighted by Crippen LogP contribution is 2.24. The minimum atomic E-state index is -0.390. The van der Waals surface area contributed by atoms with Gasteiger partial charge in [-0.25, -0.2) is 0 Å². The van der Waals surface area contributed by atoms with Gasteiger partial charge in [-0.15, -0.1) is 0 Å². The van der Waals surface area contributed by atoms with Crippen LogP contribution >= 0.6 is 0 Å². The summed E-state index contributed by atoms with van der Waals surface area (Å²) in [6.45, 7) is 7.09. The Balaban J connectivity index is 1.83. The standard InChI is InChI=1S/C19H24N2O3/c1-19(2,3)18(23)21-9-7-16(8-10-21)17(22)24-13-15-6-4-5-14(11-15)12-20/h4-6,11,16H,7-10,13H2,1-3H3. The topological polar surface area (TPSA) is 70.4 Å². The van der Waals surface area contributed by atoms with Crippen LogP contribution in [-0.4, -0.2) is 29.9 Å². The van der Waals surface area contributed by atoms with Crippen LogP contribution in [0.15, 0.2) is 24.3 Å². The van der Waals surface area contributed by atoms with Gasteiger partial charge in [0.25, 0.3) is 0 Å². The summed E-state index contributed by atoms with van der Waals surface area (Å²) in [5.41, 5.74) is 0.972. The fourth-order valence-corrected chi connectivity index (χ4v) is 2.80. The van der Waals surface area contributed by atoms with Crippen molar-refractivity contribution < 1.29 is 14.3 Å². The molecule has 0 saturated carbocycles. The number of carbonyl (C=O) groups excluding carboxylic acids is 2. The van der Waals surface area contributed by atoms with E-state index in [9.17, 15) is 9.59 Å². The Morgan fingerprint density at radius 2 is 1.96 bits per heavy atom. The number of hydrogen-bond donors (Lipinski definition) is 0. The molecule has 1 fully saturated rings. The number of benzene rings is 1. The maximum absolute atomic E-state index is 12.3. The van der Waals surface area contributed by atoms with Crippen LogP contribution in [0.25, 0.3) is 0 Å². The van der Waals surface area contributed by atoms with Crippen molar-refractivity contribution in [2.75, 3.05) is 13.1 Å². The molecule has 1 aliphatic rings.